The first-order valence-electron chi connectivity index (χ1n) is 4.17. The highest BCUT2D eigenvalue weighted by Gasteiger charge is 2.18. The van der Waals surface area contributed by atoms with Crippen molar-refractivity contribution in [2.75, 3.05) is 0 Å². The molecule has 1 aromatic carbocycles. The monoisotopic (exact) mass is 208 g/mol. The molecule has 1 aromatic rings. The van der Waals surface area contributed by atoms with Gasteiger partial charge < -0.3 is 10.2 Å². The van der Waals surface area contributed by atoms with Crippen molar-refractivity contribution in [3.05, 3.63) is 34.7 Å². The lowest BCUT2D eigenvalue weighted by atomic mass is 10.0. The van der Waals surface area contributed by atoms with Crippen LogP contribution in [0.5, 0.6) is 0 Å². The summed E-state index contributed by atoms with van der Waals surface area (Å²) in [5, 5.41) is 20.9. The summed E-state index contributed by atoms with van der Waals surface area (Å²) in [6.07, 6.45) is 0.520. The number of benzene rings is 1. The molecule has 0 spiro atoms. The lowest BCUT2D eigenvalue weighted by molar-refractivity contribution is 0.257. The second-order valence-electron chi connectivity index (χ2n) is 3.08. The zero-order chi connectivity index (χ0) is 10.1. The summed E-state index contributed by atoms with van der Waals surface area (Å²) in [7, 11) is -0.734. The van der Waals surface area contributed by atoms with Gasteiger partial charge in [-0.2, -0.15) is 0 Å². The molecule has 0 fully saturated rings. The van der Waals surface area contributed by atoms with Gasteiger partial charge in [0.25, 0.3) is 0 Å². The van der Waals surface area contributed by atoms with E-state index in [9.17, 15) is 14.8 Å². The summed E-state index contributed by atoms with van der Waals surface area (Å²) in [6.45, 7) is 0. The summed E-state index contributed by atoms with van der Waals surface area (Å²) in [5.41, 5.74) is 0. The van der Waals surface area contributed by atoms with E-state index in [1.807, 2.05) is 6.07 Å². The molecule has 2 atom stereocenters. The zero-order valence-corrected chi connectivity index (χ0v) is 8.27. The Bertz CT molecular complexity index is 541. The van der Waals surface area contributed by atoms with Crippen molar-refractivity contribution in [2.24, 2.45) is 0 Å². The van der Waals surface area contributed by atoms with Gasteiger partial charge >= 0.3 is 0 Å². The van der Waals surface area contributed by atoms with Crippen LogP contribution in [0.1, 0.15) is 0 Å². The quantitative estimate of drug-likeness (QED) is 0.576. The van der Waals surface area contributed by atoms with Gasteiger partial charge in [-0.1, -0.05) is 24.3 Å². The van der Waals surface area contributed by atoms with E-state index < -0.39 is 14.2 Å². The smallest absolute Gasteiger partial charge is 0.143 e. The number of rotatable bonds is 0. The van der Waals surface area contributed by atoms with E-state index in [4.69, 9.17) is 0 Å². The molecule has 0 amide bonds. The molecule has 0 bridgehead atoms. The van der Waals surface area contributed by atoms with E-state index >= 15 is 0 Å². The highest BCUT2D eigenvalue weighted by Crippen LogP contribution is 2.06. The molecule has 3 nitrogen and oxygen atoms in total. The topological polar surface area (TPSA) is 57.5 Å². The third kappa shape index (κ3) is 1.31. The maximum absolute atomic E-state index is 10.7. The van der Waals surface area contributed by atoms with Crippen LogP contribution in [-0.2, 0) is 4.57 Å². The second kappa shape index (κ2) is 3.45. The van der Waals surface area contributed by atoms with Crippen molar-refractivity contribution < 1.29 is 14.8 Å². The Morgan fingerprint density at radius 3 is 2.71 bits per heavy atom. The number of aliphatic hydroxyl groups excluding tert-OH is 2. The molecule has 0 heterocycles. The van der Waals surface area contributed by atoms with Crippen LogP contribution in [0.25, 0.3) is 11.8 Å². The van der Waals surface area contributed by atoms with Crippen molar-refractivity contribution >= 4 is 25.2 Å². The van der Waals surface area contributed by atoms with Gasteiger partial charge in [-0.3, -0.25) is 4.57 Å². The first-order valence-corrected chi connectivity index (χ1v) is 5.08. The molecule has 1 aliphatic rings. The summed E-state index contributed by atoms with van der Waals surface area (Å²) in [6, 6.07) is 7.12. The van der Waals surface area contributed by atoms with Crippen LogP contribution in [0, 0.1) is 0 Å². The van der Waals surface area contributed by atoms with Crippen molar-refractivity contribution in [3.63, 3.8) is 0 Å². The van der Waals surface area contributed by atoms with Crippen LogP contribution in [0.3, 0.4) is 0 Å². The van der Waals surface area contributed by atoms with E-state index in [0.717, 1.165) is 5.22 Å². The summed E-state index contributed by atoms with van der Waals surface area (Å²) >= 11 is 0. The first-order chi connectivity index (χ1) is 6.74. The highest BCUT2D eigenvalue weighted by atomic mass is 31.0. The largest absolute Gasteiger partial charge is 0.509 e. The number of fused-ring (bicyclic) bond motifs is 1. The van der Waals surface area contributed by atoms with Gasteiger partial charge in [0.1, 0.15) is 11.9 Å². The average molecular weight is 208 g/mol. The van der Waals surface area contributed by atoms with Gasteiger partial charge in [-0.25, -0.2) is 0 Å². The number of hydrogen-bond acceptors (Lipinski definition) is 3. The predicted octanol–water partition coefficient (Wildman–Crippen LogP) is -0.296. The van der Waals surface area contributed by atoms with Gasteiger partial charge in [0, 0.05) is 10.5 Å². The minimum Gasteiger partial charge on any atom is -0.509 e. The fraction of sp³-hybridized carbons (Fsp3) is 0.100. The Morgan fingerprint density at radius 2 is 2.00 bits per heavy atom. The Balaban J connectivity index is 2.90. The fourth-order valence-corrected chi connectivity index (χ4v) is 1.95. The zero-order valence-electron chi connectivity index (χ0n) is 7.27. The van der Waals surface area contributed by atoms with Crippen molar-refractivity contribution in [1.29, 1.82) is 0 Å². The lowest BCUT2D eigenvalue weighted by Gasteiger charge is -2.13. The van der Waals surface area contributed by atoms with Crippen molar-refractivity contribution in [2.45, 2.75) is 6.10 Å². The van der Waals surface area contributed by atoms with E-state index in [1.165, 1.54) is 0 Å². The third-order valence-corrected chi connectivity index (χ3v) is 2.87. The van der Waals surface area contributed by atoms with Crippen LogP contribution < -0.4 is 10.4 Å². The van der Waals surface area contributed by atoms with Gasteiger partial charge in [0.15, 0.2) is 0 Å². The van der Waals surface area contributed by atoms with Crippen molar-refractivity contribution in [1.82, 2.24) is 0 Å². The molecule has 2 N–H and O–H groups in total. The molecule has 72 valence electrons. The Kier molecular flexibility index (Phi) is 2.28. The molecule has 0 radical (unpaired) electrons. The molecule has 4 heteroatoms. The number of aliphatic hydroxyl groups is 2. The van der Waals surface area contributed by atoms with Gasteiger partial charge in [-0.15, -0.1) is 0 Å². The third-order valence-electron chi connectivity index (χ3n) is 2.22. The van der Waals surface area contributed by atoms with Gasteiger partial charge in [-0.05, 0) is 11.3 Å². The second-order valence-corrected chi connectivity index (χ2v) is 3.86. The van der Waals surface area contributed by atoms with Gasteiger partial charge in [0.05, 0.1) is 8.08 Å². The molecule has 2 rings (SSSR count). The number of hydrogen-bond donors (Lipinski definition) is 2. The average Bonchev–Trinajstić information content (AvgIpc) is 2.23. The summed E-state index contributed by atoms with van der Waals surface area (Å²) in [5.74, 6) is -0.124. The van der Waals surface area contributed by atoms with E-state index in [2.05, 4.69) is 0 Å². The first kappa shape index (κ1) is 9.25. The Hall–Kier alpha value is -1.31. The van der Waals surface area contributed by atoms with Crippen LogP contribution in [0.2, 0.25) is 0 Å². The normalized spacial score (nSPS) is 20.5. The Labute approximate surface area is 81.5 Å². The standard InChI is InChI=1S/C10H9O3P/c11-9-7-4-2-1-3-6(7)5-8(14-13)10(9)12/h1-5,10-12,14H. The van der Waals surface area contributed by atoms with Crippen LogP contribution in [-0.4, -0.2) is 21.6 Å². The molecule has 14 heavy (non-hydrogen) atoms. The lowest BCUT2D eigenvalue weighted by Crippen LogP contribution is -2.38. The van der Waals surface area contributed by atoms with E-state index in [-0.39, 0.29) is 5.76 Å². The van der Waals surface area contributed by atoms with Gasteiger partial charge in [0.2, 0.25) is 0 Å². The summed E-state index contributed by atoms with van der Waals surface area (Å²) < 4.78 is 10.7. The maximum atomic E-state index is 10.7. The predicted molar refractivity (Wildman–Crippen MR) is 56.2 cm³/mol. The molecule has 0 aliphatic heterocycles. The van der Waals surface area contributed by atoms with Crippen LogP contribution >= 0.6 is 8.08 Å². The minimum atomic E-state index is -1.12. The molecular formula is C10H9O3P. The molecule has 0 saturated heterocycles. The maximum Gasteiger partial charge on any atom is 0.143 e. The molecule has 2 unspecified atom stereocenters. The molecule has 0 aromatic heterocycles. The van der Waals surface area contributed by atoms with E-state index in [0.29, 0.717) is 10.5 Å². The van der Waals surface area contributed by atoms with Crippen LogP contribution in [0.15, 0.2) is 24.3 Å². The molecule has 1 aliphatic carbocycles. The summed E-state index contributed by atoms with van der Waals surface area (Å²) in [4.78, 5) is 0. The molecule has 0 saturated carbocycles. The fourth-order valence-electron chi connectivity index (χ4n) is 1.48. The minimum absolute atomic E-state index is 0.124. The van der Waals surface area contributed by atoms with Crippen molar-refractivity contribution in [3.8, 4) is 0 Å². The highest BCUT2D eigenvalue weighted by molar-refractivity contribution is 7.29. The Morgan fingerprint density at radius 1 is 1.29 bits per heavy atom. The molecular weight excluding hydrogens is 199 g/mol. The van der Waals surface area contributed by atoms with Crippen LogP contribution in [0.4, 0.5) is 0 Å². The van der Waals surface area contributed by atoms with E-state index in [1.54, 1.807) is 24.3 Å². The SMILES string of the molecule is O=[PH]=C1C=c2ccccc2=C(O)C1O.